The normalized spacial score (nSPS) is 19.5. The van der Waals surface area contributed by atoms with Crippen LogP contribution in [0.4, 0.5) is 5.82 Å². The van der Waals surface area contributed by atoms with Crippen LogP contribution in [0.1, 0.15) is 17.7 Å². The molecular weight excluding hydrogens is 282 g/mol. The average Bonchev–Trinajstić information content (AvgIpc) is 2.70. The predicted molar refractivity (Wildman–Crippen MR) is 67.9 cm³/mol. The van der Waals surface area contributed by atoms with E-state index >= 15 is 0 Å². The summed E-state index contributed by atoms with van der Waals surface area (Å²) in [7, 11) is 0. The standard InChI is InChI=1S/C12H12BrN3O/c1-8-10(6-14)2-3-11(15-8)16-7-9(5-13)4-12(16)17/h2-3,9H,4-5,7H2,1H3. The van der Waals surface area contributed by atoms with Crippen LogP contribution in [0.3, 0.4) is 0 Å². The molecule has 0 spiro atoms. The maximum absolute atomic E-state index is 11.8. The Labute approximate surface area is 108 Å². The molecule has 1 unspecified atom stereocenters. The van der Waals surface area contributed by atoms with E-state index in [2.05, 4.69) is 27.0 Å². The number of carbonyl (C=O) groups excluding carboxylic acids is 1. The van der Waals surface area contributed by atoms with Gasteiger partial charge < -0.3 is 0 Å². The summed E-state index contributed by atoms with van der Waals surface area (Å²) < 4.78 is 0. The molecule has 4 nitrogen and oxygen atoms in total. The Hall–Kier alpha value is -1.41. The van der Waals surface area contributed by atoms with Crippen molar-refractivity contribution in [3.8, 4) is 6.07 Å². The predicted octanol–water partition coefficient (Wildman–Crippen LogP) is 2.01. The highest BCUT2D eigenvalue weighted by Gasteiger charge is 2.30. The van der Waals surface area contributed by atoms with Crippen LogP contribution >= 0.6 is 15.9 Å². The highest BCUT2D eigenvalue weighted by Crippen LogP contribution is 2.25. The Morgan fingerprint density at radius 3 is 2.94 bits per heavy atom. The number of carbonyl (C=O) groups is 1. The van der Waals surface area contributed by atoms with Crippen molar-refractivity contribution in [2.75, 3.05) is 16.8 Å². The lowest BCUT2D eigenvalue weighted by Gasteiger charge is -2.15. The van der Waals surface area contributed by atoms with Gasteiger partial charge in [0.25, 0.3) is 0 Å². The molecule has 1 aliphatic rings. The molecule has 1 atom stereocenters. The molecule has 1 fully saturated rings. The lowest BCUT2D eigenvalue weighted by atomic mass is 10.2. The van der Waals surface area contributed by atoms with E-state index in [-0.39, 0.29) is 5.91 Å². The van der Waals surface area contributed by atoms with Gasteiger partial charge in [0, 0.05) is 18.3 Å². The number of rotatable bonds is 2. The van der Waals surface area contributed by atoms with Gasteiger partial charge in [-0.2, -0.15) is 5.26 Å². The fraction of sp³-hybridized carbons (Fsp3) is 0.417. The molecule has 17 heavy (non-hydrogen) atoms. The number of anilines is 1. The van der Waals surface area contributed by atoms with Crippen LogP contribution in [0, 0.1) is 24.2 Å². The van der Waals surface area contributed by atoms with Crippen molar-refractivity contribution in [3.05, 3.63) is 23.4 Å². The Morgan fingerprint density at radius 2 is 2.41 bits per heavy atom. The first-order valence-corrected chi connectivity index (χ1v) is 6.52. The van der Waals surface area contributed by atoms with Crippen LogP contribution in [-0.4, -0.2) is 22.8 Å². The molecule has 1 saturated heterocycles. The minimum Gasteiger partial charge on any atom is -0.296 e. The van der Waals surface area contributed by atoms with Crippen LogP contribution in [0.25, 0.3) is 0 Å². The van der Waals surface area contributed by atoms with Gasteiger partial charge in [-0.15, -0.1) is 0 Å². The summed E-state index contributed by atoms with van der Waals surface area (Å²) in [4.78, 5) is 17.8. The molecule has 0 N–H and O–H groups in total. The summed E-state index contributed by atoms with van der Waals surface area (Å²) in [5.41, 5.74) is 1.22. The smallest absolute Gasteiger partial charge is 0.228 e. The number of hydrogen-bond acceptors (Lipinski definition) is 3. The molecule has 1 aromatic rings. The molecule has 1 aliphatic heterocycles. The number of halogens is 1. The van der Waals surface area contributed by atoms with E-state index in [4.69, 9.17) is 5.26 Å². The van der Waals surface area contributed by atoms with Gasteiger partial charge in [0.05, 0.1) is 11.3 Å². The van der Waals surface area contributed by atoms with Gasteiger partial charge in [-0.3, -0.25) is 9.69 Å². The molecule has 0 saturated carbocycles. The van der Waals surface area contributed by atoms with Crippen molar-refractivity contribution < 1.29 is 4.79 Å². The van der Waals surface area contributed by atoms with Crippen molar-refractivity contribution in [2.45, 2.75) is 13.3 Å². The molecule has 5 heteroatoms. The van der Waals surface area contributed by atoms with E-state index in [1.165, 1.54) is 0 Å². The highest BCUT2D eigenvalue weighted by atomic mass is 79.9. The van der Waals surface area contributed by atoms with Crippen LogP contribution in [0.5, 0.6) is 0 Å². The molecule has 0 aliphatic carbocycles. The number of alkyl halides is 1. The molecule has 0 bridgehead atoms. The highest BCUT2D eigenvalue weighted by molar-refractivity contribution is 9.09. The first-order valence-electron chi connectivity index (χ1n) is 5.39. The van der Waals surface area contributed by atoms with Crippen LogP contribution in [0.15, 0.2) is 12.1 Å². The molecule has 2 heterocycles. The van der Waals surface area contributed by atoms with Gasteiger partial charge in [0.2, 0.25) is 5.91 Å². The van der Waals surface area contributed by atoms with Gasteiger partial charge >= 0.3 is 0 Å². The van der Waals surface area contributed by atoms with E-state index in [0.717, 1.165) is 5.33 Å². The van der Waals surface area contributed by atoms with E-state index in [9.17, 15) is 4.79 Å². The number of nitrogens with zero attached hydrogens (tertiary/aromatic N) is 3. The largest absolute Gasteiger partial charge is 0.296 e. The number of pyridine rings is 1. The Morgan fingerprint density at radius 1 is 1.65 bits per heavy atom. The van der Waals surface area contributed by atoms with Gasteiger partial charge in [-0.05, 0) is 25.0 Å². The van der Waals surface area contributed by atoms with E-state index in [0.29, 0.717) is 36.0 Å². The van der Waals surface area contributed by atoms with E-state index in [1.807, 2.05) is 0 Å². The van der Waals surface area contributed by atoms with Gasteiger partial charge in [-0.25, -0.2) is 4.98 Å². The quantitative estimate of drug-likeness (QED) is 0.784. The van der Waals surface area contributed by atoms with Crippen molar-refractivity contribution in [1.82, 2.24) is 4.98 Å². The summed E-state index contributed by atoms with van der Waals surface area (Å²) >= 11 is 3.40. The third-order valence-corrected chi connectivity index (χ3v) is 3.81. The summed E-state index contributed by atoms with van der Waals surface area (Å²) in [5.74, 6) is 1.10. The number of aromatic nitrogens is 1. The van der Waals surface area contributed by atoms with Crippen molar-refractivity contribution in [3.63, 3.8) is 0 Å². The number of aryl methyl sites for hydroxylation is 1. The van der Waals surface area contributed by atoms with Crippen LogP contribution < -0.4 is 4.90 Å². The molecular formula is C12H12BrN3O. The molecule has 88 valence electrons. The fourth-order valence-corrected chi connectivity index (χ4v) is 2.36. The third-order valence-electron chi connectivity index (χ3n) is 2.89. The molecule has 2 rings (SSSR count). The monoisotopic (exact) mass is 293 g/mol. The second-order valence-corrected chi connectivity index (χ2v) is 4.79. The van der Waals surface area contributed by atoms with E-state index in [1.54, 1.807) is 24.0 Å². The fourth-order valence-electron chi connectivity index (χ4n) is 1.92. The SMILES string of the molecule is Cc1nc(N2CC(CBr)CC2=O)ccc1C#N. The minimum absolute atomic E-state index is 0.103. The summed E-state index contributed by atoms with van der Waals surface area (Å²) in [6, 6.07) is 5.52. The second kappa shape index (κ2) is 4.84. The lowest BCUT2D eigenvalue weighted by Crippen LogP contribution is -2.25. The zero-order valence-corrected chi connectivity index (χ0v) is 11.1. The first-order chi connectivity index (χ1) is 8.15. The third kappa shape index (κ3) is 2.32. The lowest BCUT2D eigenvalue weighted by molar-refractivity contribution is -0.117. The molecule has 0 aromatic carbocycles. The number of hydrogen-bond donors (Lipinski definition) is 0. The maximum atomic E-state index is 11.8. The Balaban J connectivity index is 2.27. The Kier molecular flexibility index (Phi) is 3.43. The first kappa shape index (κ1) is 12.1. The second-order valence-electron chi connectivity index (χ2n) is 4.14. The maximum Gasteiger partial charge on any atom is 0.228 e. The van der Waals surface area contributed by atoms with Gasteiger partial charge in [-0.1, -0.05) is 15.9 Å². The minimum atomic E-state index is 0.103. The van der Waals surface area contributed by atoms with Gasteiger partial charge in [0.15, 0.2) is 0 Å². The zero-order valence-electron chi connectivity index (χ0n) is 9.48. The van der Waals surface area contributed by atoms with Crippen molar-refractivity contribution in [1.29, 1.82) is 5.26 Å². The average molecular weight is 294 g/mol. The Bertz CT molecular complexity index is 495. The summed E-state index contributed by atoms with van der Waals surface area (Å²) in [6.45, 7) is 2.48. The molecule has 0 radical (unpaired) electrons. The van der Waals surface area contributed by atoms with Crippen LogP contribution in [-0.2, 0) is 4.79 Å². The molecule has 1 aromatic heterocycles. The summed E-state index contributed by atoms with van der Waals surface area (Å²) in [6.07, 6.45) is 0.561. The van der Waals surface area contributed by atoms with Crippen molar-refractivity contribution in [2.24, 2.45) is 5.92 Å². The zero-order chi connectivity index (χ0) is 12.4. The topological polar surface area (TPSA) is 57.0 Å². The summed E-state index contributed by atoms with van der Waals surface area (Å²) in [5, 5.41) is 9.65. The van der Waals surface area contributed by atoms with Gasteiger partial charge in [0.1, 0.15) is 11.9 Å². The number of nitriles is 1. The van der Waals surface area contributed by atoms with Crippen molar-refractivity contribution >= 4 is 27.7 Å². The van der Waals surface area contributed by atoms with Crippen LogP contribution in [0.2, 0.25) is 0 Å². The molecule has 1 amide bonds. The van der Waals surface area contributed by atoms with E-state index < -0.39 is 0 Å². The number of amides is 1.